The lowest BCUT2D eigenvalue weighted by Crippen LogP contribution is -2.46. The van der Waals surface area contributed by atoms with Crippen LogP contribution in [0.3, 0.4) is 0 Å². The van der Waals surface area contributed by atoms with Crippen LogP contribution in [0.4, 0.5) is 0 Å². The van der Waals surface area contributed by atoms with E-state index in [1.165, 1.54) is 5.56 Å². The van der Waals surface area contributed by atoms with Gasteiger partial charge in [0, 0.05) is 45.8 Å². The van der Waals surface area contributed by atoms with Crippen LogP contribution in [0.2, 0.25) is 0 Å². The molecule has 3 N–H and O–H groups in total. The van der Waals surface area contributed by atoms with E-state index in [0.717, 1.165) is 45.7 Å². The predicted octanol–water partition coefficient (Wildman–Crippen LogP) is 0.0848. The number of nitrogens with zero attached hydrogens (tertiary/aromatic N) is 1. The van der Waals surface area contributed by atoms with E-state index in [9.17, 15) is 5.11 Å². The van der Waals surface area contributed by atoms with E-state index in [1.807, 2.05) is 18.2 Å². The largest absolute Gasteiger partial charge is 0.391 e. The molecule has 2 rings (SSSR count). The Hall–Kier alpha value is -0.940. The quantitative estimate of drug-likeness (QED) is 0.610. The zero-order valence-electron chi connectivity index (χ0n) is 11.5. The van der Waals surface area contributed by atoms with Gasteiger partial charge in [-0.05, 0) is 12.0 Å². The van der Waals surface area contributed by atoms with Crippen LogP contribution >= 0.6 is 0 Å². The first kappa shape index (κ1) is 14.5. The van der Waals surface area contributed by atoms with Crippen LogP contribution in [-0.2, 0) is 6.42 Å². The lowest BCUT2D eigenvalue weighted by atomic mass is 10.1. The van der Waals surface area contributed by atoms with Gasteiger partial charge in [0.25, 0.3) is 0 Å². The molecule has 0 amide bonds. The van der Waals surface area contributed by atoms with Gasteiger partial charge in [-0.1, -0.05) is 30.3 Å². The molecule has 1 fully saturated rings. The summed E-state index contributed by atoms with van der Waals surface area (Å²) in [4.78, 5) is 2.45. The van der Waals surface area contributed by atoms with Crippen LogP contribution in [0.5, 0.6) is 0 Å². The molecule has 19 heavy (non-hydrogen) atoms. The average Bonchev–Trinajstić information content (AvgIpc) is 2.46. The van der Waals surface area contributed by atoms with E-state index in [-0.39, 0.29) is 6.10 Å². The number of nitrogens with one attached hydrogen (secondary N) is 2. The van der Waals surface area contributed by atoms with Gasteiger partial charge >= 0.3 is 0 Å². The van der Waals surface area contributed by atoms with Crippen molar-refractivity contribution in [1.82, 2.24) is 15.5 Å². The molecular formula is C15H25N3O. The van der Waals surface area contributed by atoms with Crippen molar-refractivity contribution in [2.45, 2.75) is 12.5 Å². The lowest BCUT2D eigenvalue weighted by Gasteiger charge is -2.27. The minimum absolute atomic E-state index is 0.301. The third kappa shape index (κ3) is 5.70. The molecule has 1 aliphatic heterocycles. The van der Waals surface area contributed by atoms with Gasteiger partial charge in [0.15, 0.2) is 0 Å². The third-order valence-corrected chi connectivity index (χ3v) is 3.51. The second-order valence-electron chi connectivity index (χ2n) is 5.14. The van der Waals surface area contributed by atoms with E-state index < -0.39 is 0 Å². The molecule has 1 unspecified atom stereocenters. The zero-order valence-corrected chi connectivity index (χ0v) is 11.5. The topological polar surface area (TPSA) is 47.5 Å². The lowest BCUT2D eigenvalue weighted by molar-refractivity contribution is 0.168. The Bertz CT molecular complexity index is 339. The number of hydrogen-bond acceptors (Lipinski definition) is 4. The monoisotopic (exact) mass is 263 g/mol. The molecule has 106 valence electrons. The smallest absolute Gasteiger partial charge is 0.0704 e. The number of hydrogen-bond donors (Lipinski definition) is 3. The molecule has 1 aromatic rings. The molecule has 0 aliphatic carbocycles. The van der Waals surface area contributed by atoms with Crippen LogP contribution in [0.25, 0.3) is 0 Å². The Morgan fingerprint density at radius 2 is 1.95 bits per heavy atom. The SMILES string of the molecule is OC(CNCCN1CCNCC1)Cc1ccccc1. The first-order chi connectivity index (χ1) is 9.34. The number of rotatable bonds is 7. The molecule has 0 aromatic heterocycles. The van der Waals surface area contributed by atoms with Crippen molar-refractivity contribution in [3.05, 3.63) is 35.9 Å². The molecule has 1 saturated heterocycles. The van der Waals surface area contributed by atoms with Crippen molar-refractivity contribution in [2.75, 3.05) is 45.8 Å². The maximum absolute atomic E-state index is 9.95. The van der Waals surface area contributed by atoms with E-state index in [4.69, 9.17) is 0 Å². The van der Waals surface area contributed by atoms with Gasteiger partial charge in [-0.25, -0.2) is 0 Å². The minimum atomic E-state index is -0.301. The molecule has 1 aromatic carbocycles. The van der Waals surface area contributed by atoms with Gasteiger partial charge in [0.2, 0.25) is 0 Å². The molecular weight excluding hydrogens is 238 g/mol. The molecule has 1 atom stereocenters. The highest BCUT2D eigenvalue weighted by Crippen LogP contribution is 2.02. The molecule has 0 bridgehead atoms. The summed E-state index contributed by atoms with van der Waals surface area (Å²) in [6.07, 6.45) is 0.423. The third-order valence-electron chi connectivity index (χ3n) is 3.51. The van der Waals surface area contributed by atoms with E-state index >= 15 is 0 Å². The number of aliphatic hydroxyl groups excluding tert-OH is 1. The van der Waals surface area contributed by atoms with E-state index in [2.05, 4.69) is 27.7 Å². The summed E-state index contributed by atoms with van der Waals surface area (Å²) in [5.41, 5.74) is 1.19. The molecule has 4 heteroatoms. The summed E-state index contributed by atoms with van der Waals surface area (Å²) < 4.78 is 0. The first-order valence-electron chi connectivity index (χ1n) is 7.20. The Kier molecular flexibility index (Phi) is 6.30. The maximum atomic E-state index is 9.95. The van der Waals surface area contributed by atoms with Gasteiger partial charge < -0.3 is 15.7 Å². The Balaban J connectivity index is 1.55. The summed E-state index contributed by atoms with van der Waals surface area (Å²) in [6.45, 7) is 7.14. The zero-order chi connectivity index (χ0) is 13.3. The Morgan fingerprint density at radius 3 is 2.68 bits per heavy atom. The first-order valence-corrected chi connectivity index (χ1v) is 7.20. The summed E-state index contributed by atoms with van der Waals surface area (Å²) in [5, 5.41) is 16.6. The van der Waals surface area contributed by atoms with Crippen molar-refractivity contribution < 1.29 is 5.11 Å². The van der Waals surface area contributed by atoms with Crippen LogP contribution < -0.4 is 10.6 Å². The van der Waals surface area contributed by atoms with Crippen molar-refractivity contribution >= 4 is 0 Å². The molecule has 0 radical (unpaired) electrons. The molecule has 0 saturated carbocycles. The Morgan fingerprint density at radius 1 is 1.21 bits per heavy atom. The van der Waals surface area contributed by atoms with Crippen molar-refractivity contribution in [1.29, 1.82) is 0 Å². The van der Waals surface area contributed by atoms with Gasteiger partial charge in [-0.15, -0.1) is 0 Å². The van der Waals surface area contributed by atoms with Crippen LogP contribution in [0.1, 0.15) is 5.56 Å². The van der Waals surface area contributed by atoms with E-state index in [0.29, 0.717) is 6.54 Å². The molecule has 1 heterocycles. The average molecular weight is 263 g/mol. The fraction of sp³-hybridized carbons (Fsp3) is 0.600. The highest BCUT2D eigenvalue weighted by Gasteiger charge is 2.09. The van der Waals surface area contributed by atoms with Crippen molar-refractivity contribution in [3.63, 3.8) is 0 Å². The standard InChI is InChI=1S/C15H25N3O/c19-15(12-14-4-2-1-3-5-14)13-17-8-11-18-9-6-16-7-10-18/h1-5,15-17,19H,6-13H2. The number of benzene rings is 1. The second kappa shape index (κ2) is 8.27. The van der Waals surface area contributed by atoms with Crippen LogP contribution in [0, 0.1) is 0 Å². The highest BCUT2D eigenvalue weighted by atomic mass is 16.3. The Labute approximate surface area is 115 Å². The van der Waals surface area contributed by atoms with Gasteiger partial charge in [0.1, 0.15) is 0 Å². The maximum Gasteiger partial charge on any atom is 0.0704 e. The van der Waals surface area contributed by atoms with Gasteiger partial charge in [-0.3, -0.25) is 4.90 Å². The fourth-order valence-corrected chi connectivity index (χ4v) is 2.40. The predicted molar refractivity (Wildman–Crippen MR) is 78.3 cm³/mol. The summed E-state index contributed by atoms with van der Waals surface area (Å²) in [5.74, 6) is 0. The molecule has 4 nitrogen and oxygen atoms in total. The van der Waals surface area contributed by atoms with Crippen molar-refractivity contribution in [2.24, 2.45) is 0 Å². The molecule has 0 spiro atoms. The normalized spacial score (nSPS) is 18.4. The van der Waals surface area contributed by atoms with E-state index in [1.54, 1.807) is 0 Å². The van der Waals surface area contributed by atoms with Crippen LogP contribution in [-0.4, -0.2) is 61.9 Å². The highest BCUT2D eigenvalue weighted by molar-refractivity contribution is 5.15. The minimum Gasteiger partial charge on any atom is -0.391 e. The molecule has 1 aliphatic rings. The number of piperazine rings is 1. The van der Waals surface area contributed by atoms with Crippen LogP contribution in [0.15, 0.2) is 30.3 Å². The summed E-state index contributed by atoms with van der Waals surface area (Å²) in [7, 11) is 0. The van der Waals surface area contributed by atoms with Gasteiger partial charge in [0.05, 0.1) is 6.10 Å². The summed E-state index contributed by atoms with van der Waals surface area (Å²) >= 11 is 0. The van der Waals surface area contributed by atoms with Crippen molar-refractivity contribution in [3.8, 4) is 0 Å². The summed E-state index contributed by atoms with van der Waals surface area (Å²) in [6, 6.07) is 10.1. The van der Waals surface area contributed by atoms with Gasteiger partial charge in [-0.2, -0.15) is 0 Å². The fourth-order valence-electron chi connectivity index (χ4n) is 2.40. The second-order valence-corrected chi connectivity index (χ2v) is 5.14. The number of aliphatic hydroxyl groups is 1.